The smallest absolute Gasteiger partial charge is 0.340 e. The first-order valence-corrected chi connectivity index (χ1v) is 14.0. The van der Waals surface area contributed by atoms with Crippen LogP contribution in [0, 0.1) is 0 Å². The summed E-state index contributed by atoms with van der Waals surface area (Å²) in [5, 5.41) is 15.2. The van der Waals surface area contributed by atoms with Gasteiger partial charge < -0.3 is 19.1 Å². The molecule has 3 aromatic carbocycles. The van der Waals surface area contributed by atoms with Crippen LogP contribution in [0.2, 0.25) is 10.0 Å². The van der Waals surface area contributed by atoms with E-state index in [0.717, 1.165) is 22.3 Å². The van der Waals surface area contributed by atoms with Crippen molar-refractivity contribution in [2.24, 2.45) is 0 Å². The Bertz CT molecular complexity index is 1570. The van der Waals surface area contributed by atoms with E-state index in [2.05, 4.69) is 5.16 Å². The predicted octanol–water partition coefficient (Wildman–Crippen LogP) is 8.73. The SMILES string of the molecule is CC(C)c1onc(-c2c(Cl)cccc2Cl)c1COc1ccc(COC2(C(=O)O)C=CC(c3ccccc3)=CC2)cc1. The molecule has 5 rings (SSSR count). The Hall–Kier alpha value is -3.84. The molecule has 1 N–H and O–H groups in total. The van der Waals surface area contributed by atoms with Crippen LogP contribution < -0.4 is 4.74 Å². The summed E-state index contributed by atoms with van der Waals surface area (Å²) in [6.07, 6.45) is 5.58. The second-order valence-electron chi connectivity index (χ2n) is 10.1. The molecule has 0 spiro atoms. The molecule has 1 aromatic heterocycles. The number of carboxylic acids is 1. The van der Waals surface area contributed by atoms with Gasteiger partial charge in [0.2, 0.25) is 0 Å². The summed E-state index contributed by atoms with van der Waals surface area (Å²) in [5.74, 6) is 0.373. The number of rotatable bonds is 10. The van der Waals surface area contributed by atoms with E-state index in [-0.39, 0.29) is 25.6 Å². The maximum Gasteiger partial charge on any atom is 0.340 e. The average molecular weight is 591 g/mol. The van der Waals surface area contributed by atoms with Crippen LogP contribution >= 0.6 is 23.2 Å². The van der Waals surface area contributed by atoms with Crippen molar-refractivity contribution < 1.29 is 23.9 Å². The summed E-state index contributed by atoms with van der Waals surface area (Å²) in [6.45, 7) is 4.36. The van der Waals surface area contributed by atoms with Crippen LogP contribution in [0.25, 0.3) is 16.8 Å². The highest BCUT2D eigenvalue weighted by Gasteiger charge is 2.38. The number of nitrogens with zero attached hydrogens (tertiary/aromatic N) is 1. The minimum atomic E-state index is -1.43. The van der Waals surface area contributed by atoms with Gasteiger partial charge in [0, 0.05) is 17.9 Å². The maximum atomic E-state index is 12.2. The quantitative estimate of drug-likeness (QED) is 0.199. The number of aliphatic carboxylic acids is 1. The Kier molecular flexibility index (Phi) is 8.64. The molecule has 41 heavy (non-hydrogen) atoms. The number of hydrogen-bond acceptors (Lipinski definition) is 5. The van der Waals surface area contributed by atoms with Crippen molar-refractivity contribution in [1.82, 2.24) is 5.16 Å². The lowest BCUT2D eigenvalue weighted by atomic mass is 9.89. The van der Waals surface area contributed by atoms with Gasteiger partial charge in [0.05, 0.1) is 22.2 Å². The van der Waals surface area contributed by atoms with Gasteiger partial charge in [-0.1, -0.05) is 103 Å². The number of benzene rings is 3. The van der Waals surface area contributed by atoms with Gasteiger partial charge >= 0.3 is 5.97 Å². The van der Waals surface area contributed by atoms with Crippen LogP contribution in [0.1, 0.15) is 48.6 Å². The highest BCUT2D eigenvalue weighted by Crippen LogP contribution is 2.39. The molecule has 8 heteroatoms. The van der Waals surface area contributed by atoms with E-state index in [0.29, 0.717) is 32.8 Å². The molecular weight excluding hydrogens is 561 g/mol. The molecule has 210 valence electrons. The number of ether oxygens (including phenoxy) is 2. The minimum absolute atomic E-state index is 0.0737. The van der Waals surface area contributed by atoms with Gasteiger partial charge in [-0.05, 0) is 47.0 Å². The van der Waals surface area contributed by atoms with Gasteiger partial charge in [-0.15, -0.1) is 0 Å². The van der Waals surface area contributed by atoms with Gasteiger partial charge in [0.1, 0.15) is 23.8 Å². The van der Waals surface area contributed by atoms with Gasteiger partial charge in [-0.25, -0.2) is 4.79 Å². The van der Waals surface area contributed by atoms with Crippen LogP contribution in [-0.2, 0) is 22.7 Å². The third kappa shape index (κ3) is 6.25. The van der Waals surface area contributed by atoms with E-state index in [9.17, 15) is 9.90 Å². The molecule has 0 amide bonds. The second-order valence-corrected chi connectivity index (χ2v) is 10.9. The standard InChI is InChI=1S/C33H29Cl2NO5/c1-21(2)31-26(30(36-41-31)29-27(34)9-6-10-28(29)35)20-39-25-13-11-22(12-14-25)19-40-33(32(37)38)17-15-24(16-18-33)23-7-4-3-5-8-23/h3-17,21H,18-20H2,1-2H3,(H,37,38). The number of carbonyl (C=O) groups is 1. The summed E-state index contributed by atoms with van der Waals surface area (Å²) in [7, 11) is 0. The first-order chi connectivity index (χ1) is 19.8. The van der Waals surface area contributed by atoms with E-state index in [1.165, 1.54) is 0 Å². The molecular formula is C33H29Cl2NO5. The van der Waals surface area contributed by atoms with Gasteiger partial charge in [0.15, 0.2) is 5.60 Å². The van der Waals surface area contributed by atoms with Crippen LogP contribution in [0.4, 0.5) is 0 Å². The van der Waals surface area contributed by atoms with Crippen molar-refractivity contribution in [3.05, 3.63) is 124 Å². The summed E-state index contributed by atoms with van der Waals surface area (Å²) in [4.78, 5) is 12.2. The fourth-order valence-electron chi connectivity index (χ4n) is 4.68. The minimum Gasteiger partial charge on any atom is -0.489 e. The topological polar surface area (TPSA) is 81.8 Å². The van der Waals surface area contributed by atoms with Crippen LogP contribution in [-0.4, -0.2) is 21.8 Å². The lowest BCUT2D eigenvalue weighted by molar-refractivity contribution is -0.160. The fraction of sp³-hybridized carbons (Fsp3) is 0.212. The van der Waals surface area contributed by atoms with E-state index >= 15 is 0 Å². The number of carboxylic acid groups (broad SMARTS) is 1. The monoisotopic (exact) mass is 589 g/mol. The fourth-order valence-corrected chi connectivity index (χ4v) is 5.26. The van der Waals surface area contributed by atoms with Crippen LogP contribution in [0.3, 0.4) is 0 Å². The highest BCUT2D eigenvalue weighted by atomic mass is 35.5. The van der Waals surface area contributed by atoms with E-state index in [1.807, 2.05) is 80.6 Å². The van der Waals surface area contributed by atoms with Crippen molar-refractivity contribution >= 4 is 34.7 Å². The van der Waals surface area contributed by atoms with E-state index in [1.54, 1.807) is 24.3 Å². The summed E-state index contributed by atoms with van der Waals surface area (Å²) < 4.78 is 17.7. The lowest BCUT2D eigenvalue weighted by Gasteiger charge is -2.28. The lowest BCUT2D eigenvalue weighted by Crippen LogP contribution is -2.40. The molecule has 1 unspecified atom stereocenters. The molecule has 0 radical (unpaired) electrons. The normalized spacial score (nSPS) is 16.6. The average Bonchev–Trinajstić information content (AvgIpc) is 3.40. The Balaban J connectivity index is 1.26. The first-order valence-electron chi connectivity index (χ1n) is 13.2. The zero-order valence-electron chi connectivity index (χ0n) is 22.6. The highest BCUT2D eigenvalue weighted by molar-refractivity contribution is 6.39. The first kappa shape index (κ1) is 28.7. The van der Waals surface area contributed by atoms with Crippen LogP contribution in [0.15, 0.2) is 95.5 Å². The van der Waals surface area contributed by atoms with Crippen molar-refractivity contribution in [1.29, 1.82) is 0 Å². The Morgan fingerprint density at radius 2 is 1.71 bits per heavy atom. The summed E-state index contributed by atoms with van der Waals surface area (Å²) >= 11 is 12.9. The molecule has 0 bridgehead atoms. The molecule has 0 aliphatic heterocycles. The van der Waals surface area contributed by atoms with Gasteiger partial charge in [-0.3, -0.25) is 0 Å². The van der Waals surface area contributed by atoms with Gasteiger partial charge in [-0.2, -0.15) is 0 Å². The summed E-state index contributed by atoms with van der Waals surface area (Å²) in [6, 6.07) is 22.5. The predicted molar refractivity (Wildman–Crippen MR) is 160 cm³/mol. The molecule has 1 aliphatic rings. The Morgan fingerprint density at radius 1 is 1.00 bits per heavy atom. The van der Waals surface area contributed by atoms with Crippen molar-refractivity contribution in [2.75, 3.05) is 0 Å². The molecule has 1 heterocycles. The van der Waals surface area contributed by atoms with Crippen molar-refractivity contribution in [2.45, 2.75) is 45.0 Å². The number of hydrogen-bond donors (Lipinski definition) is 1. The zero-order chi connectivity index (χ0) is 29.0. The van der Waals surface area contributed by atoms with E-state index in [4.69, 9.17) is 37.2 Å². The molecule has 1 aliphatic carbocycles. The number of aromatic nitrogens is 1. The zero-order valence-corrected chi connectivity index (χ0v) is 24.2. The molecule has 4 aromatic rings. The largest absolute Gasteiger partial charge is 0.489 e. The maximum absolute atomic E-state index is 12.2. The summed E-state index contributed by atoms with van der Waals surface area (Å²) in [5.41, 5.74) is 3.34. The molecule has 0 saturated carbocycles. The number of allylic oxidation sites excluding steroid dienone is 2. The molecule has 1 atom stereocenters. The second kappa shape index (κ2) is 12.4. The van der Waals surface area contributed by atoms with Crippen molar-refractivity contribution in [3.63, 3.8) is 0 Å². The van der Waals surface area contributed by atoms with Crippen LogP contribution in [0.5, 0.6) is 5.75 Å². The van der Waals surface area contributed by atoms with E-state index < -0.39 is 11.6 Å². The Morgan fingerprint density at radius 3 is 2.32 bits per heavy atom. The third-order valence-electron chi connectivity index (χ3n) is 6.97. The molecule has 6 nitrogen and oxygen atoms in total. The molecule has 0 saturated heterocycles. The van der Waals surface area contributed by atoms with Crippen molar-refractivity contribution in [3.8, 4) is 17.0 Å². The third-order valence-corrected chi connectivity index (χ3v) is 7.60. The number of halogens is 2. The Labute approximate surface area is 248 Å². The molecule has 0 fully saturated rings. The van der Waals surface area contributed by atoms with Gasteiger partial charge in [0.25, 0.3) is 0 Å².